The SMILES string of the molecule is Oc1ccc(I)cc1C1=NCCS1. The van der Waals surface area contributed by atoms with Crippen molar-refractivity contribution in [3.05, 3.63) is 27.3 Å². The molecule has 0 aliphatic carbocycles. The van der Waals surface area contributed by atoms with Crippen molar-refractivity contribution < 1.29 is 5.11 Å². The number of hydrogen-bond acceptors (Lipinski definition) is 3. The molecule has 1 N–H and O–H groups in total. The molecule has 0 bridgehead atoms. The Morgan fingerprint density at radius 3 is 3.00 bits per heavy atom. The van der Waals surface area contributed by atoms with Crippen molar-refractivity contribution in [1.29, 1.82) is 0 Å². The number of thioether (sulfide) groups is 1. The first-order valence-corrected chi connectivity index (χ1v) is 6.00. The van der Waals surface area contributed by atoms with E-state index in [9.17, 15) is 5.11 Å². The van der Waals surface area contributed by atoms with E-state index >= 15 is 0 Å². The number of aromatic hydroxyl groups is 1. The fraction of sp³-hybridized carbons (Fsp3) is 0.222. The van der Waals surface area contributed by atoms with Crippen molar-refractivity contribution in [2.24, 2.45) is 4.99 Å². The van der Waals surface area contributed by atoms with E-state index in [2.05, 4.69) is 27.6 Å². The Hall–Kier alpha value is -0.230. The topological polar surface area (TPSA) is 32.6 Å². The Bertz CT molecular complexity index is 365. The third kappa shape index (κ3) is 1.99. The lowest BCUT2D eigenvalue weighted by molar-refractivity contribution is 0.474. The van der Waals surface area contributed by atoms with Crippen molar-refractivity contribution in [3.63, 3.8) is 0 Å². The van der Waals surface area contributed by atoms with Crippen LogP contribution in [-0.4, -0.2) is 22.4 Å². The van der Waals surface area contributed by atoms with Crippen LogP contribution in [0, 0.1) is 3.57 Å². The Morgan fingerprint density at radius 2 is 2.31 bits per heavy atom. The van der Waals surface area contributed by atoms with Gasteiger partial charge >= 0.3 is 0 Å². The minimum atomic E-state index is 0.327. The monoisotopic (exact) mass is 305 g/mol. The minimum Gasteiger partial charge on any atom is -0.507 e. The summed E-state index contributed by atoms with van der Waals surface area (Å²) in [6, 6.07) is 5.57. The van der Waals surface area contributed by atoms with Crippen LogP contribution in [0.4, 0.5) is 0 Å². The van der Waals surface area contributed by atoms with Gasteiger partial charge in [0.15, 0.2) is 0 Å². The fourth-order valence-corrected chi connectivity index (χ4v) is 2.55. The summed E-state index contributed by atoms with van der Waals surface area (Å²) in [5.74, 6) is 1.36. The molecular formula is C9H8INOS. The number of benzene rings is 1. The highest BCUT2D eigenvalue weighted by atomic mass is 127. The van der Waals surface area contributed by atoms with Crippen LogP contribution in [0.3, 0.4) is 0 Å². The molecule has 4 heteroatoms. The van der Waals surface area contributed by atoms with Crippen molar-refractivity contribution in [3.8, 4) is 5.75 Å². The number of phenols is 1. The molecule has 1 aromatic carbocycles. The summed E-state index contributed by atoms with van der Waals surface area (Å²) in [4.78, 5) is 4.32. The lowest BCUT2D eigenvalue weighted by Crippen LogP contribution is -1.92. The van der Waals surface area contributed by atoms with E-state index in [-0.39, 0.29) is 0 Å². The Morgan fingerprint density at radius 1 is 1.46 bits per heavy atom. The van der Waals surface area contributed by atoms with E-state index in [4.69, 9.17) is 0 Å². The molecule has 1 aliphatic heterocycles. The molecule has 2 rings (SSSR count). The van der Waals surface area contributed by atoms with E-state index < -0.39 is 0 Å². The van der Waals surface area contributed by atoms with Gasteiger partial charge in [-0.3, -0.25) is 4.99 Å². The number of hydrogen-bond donors (Lipinski definition) is 1. The van der Waals surface area contributed by atoms with Gasteiger partial charge < -0.3 is 5.11 Å². The third-order valence-corrected chi connectivity index (χ3v) is 3.45. The maximum atomic E-state index is 9.60. The first-order chi connectivity index (χ1) is 6.27. The summed E-state index contributed by atoms with van der Waals surface area (Å²) in [5.41, 5.74) is 0.870. The number of nitrogens with zero attached hydrogens (tertiary/aromatic N) is 1. The molecule has 0 fully saturated rings. The van der Waals surface area contributed by atoms with Crippen LogP contribution in [-0.2, 0) is 0 Å². The summed E-state index contributed by atoms with van der Waals surface area (Å²) in [6.07, 6.45) is 0. The quantitative estimate of drug-likeness (QED) is 0.809. The third-order valence-electron chi connectivity index (χ3n) is 1.77. The van der Waals surface area contributed by atoms with Gasteiger partial charge in [0.1, 0.15) is 10.8 Å². The zero-order valence-corrected chi connectivity index (χ0v) is 9.80. The average Bonchev–Trinajstić information content (AvgIpc) is 2.61. The number of halogens is 1. The zero-order valence-electron chi connectivity index (χ0n) is 6.83. The molecule has 0 saturated carbocycles. The van der Waals surface area contributed by atoms with Crippen molar-refractivity contribution in [2.45, 2.75) is 0 Å². The Labute approximate surface area is 94.6 Å². The van der Waals surface area contributed by atoms with E-state index in [1.165, 1.54) is 0 Å². The Balaban J connectivity index is 2.43. The maximum Gasteiger partial charge on any atom is 0.125 e. The van der Waals surface area contributed by atoms with Crippen molar-refractivity contribution >= 4 is 39.4 Å². The largest absolute Gasteiger partial charge is 0.507 e. The standard InChI is InChI=1S/C9H8INOS/c10-6-1-2-8(12)7(5-6)9-11-3-4-13-9/h1-2,5,12H,3-4H2. The molecule has 2 nitrogen and oxygen atoms in total. The van der Waals surface area contributed by atoms with E-state index in [0.29, 0.717) is 5.75 Å². The average molecular weight is 305 g/mol. The molecule has 1 heterocycles. The van der Waals surface area contributed by atoms with Crippen LogP contribution in [0.25, 0.3) is 0 Å². The predicted octanol–water partition coefficient (Wildman–Crippen LogP) is 2.49. The molecular weight excluding hydrogens is 297 g/mol. The number of phenolic OH excluding ortho intramolecular Hbond substituents is 1. The minimum absolute atomic E-state index is 0.327. The van der Waals surface area contributed by atoms with Gasteiger partial charge in [-0.25, -0.2) is 0 Å². The smallest absolute Gasteiger partial charge is 0.125 e. The molecule has 0 atom stereocenters. The van der Waals surface area contributed by atoms with Crippen LogP contribution >= 0.6 is 34.4 Å². The normalized spacial score (nSPS) is 15.9. The van der Waals surface area contributed by atoms with Gasteiger partial charge in [-0.1, -0.05) is 0 Å². The first kappa shape index (κ1) is 9.33. The van der Waals surface area contributed by atoms with Crippen molar-refractivity contribution in [2.75, 3.05) is 12.3 Å². The van der Waals surface area contributed by atoms with Crippen LogP contribution in [0.15, 0.2) is 23.2 Å². The molecule has 68 valence electrons. The summed E-state index contributed by atoms with van der Waals surface area (Å²) in [6.45, 7) is 0.866. The molecule has 0 radical (unpaired) electrons. The summed E-state index contributed by atoms with van der Waals surface area (Å²) in [5, 5.41) is 10.6. The molecule has 0 saturated heterocycles. The van der Waals surface area contributed by atoms with Crippen molar-refractivity contribution in [1.82, 2.24) is 0 Å². The molecule has 0 aromatic heterocycles. The number of aliphatic imine (C=N–C) groups is 1. The van der Waals surface area contributed by atoms with Gasteiger partial charge in [0.25, 0.3) is 0 Å². The first-order valence-electron chi connectivity index (χ1n) is 3.93. The molecule has 0 unspecified atom stereocenters. The van der Waals surface area contributed by atoms with Gasteiger partial charge in [-0.2, -0.15) is 0 Å². The van der Waals surface area contributed by atoms with E-state index in [0.717, 1.165) is 26.5 Å². The summed E-state index contributed by atoms with van der Waals surface area (Å²) >= 11 is 3.94. The van der Waals surface area contributed by atoms with Crippen LogP contribution in [0.2, 0.25) is 0 Å². The Kier molecular flexibility index (Phi) is 2.78. The van der Waals surface area contributed by atoms with Gasteiger partial charge in [0.05, 0.1) is 0 Å². The predicted molar refractivity (Wildman–Crippen MR) is 64.7 cm³/mol. The highest BCUT2D eigenvalue weighted by Gasteiger charge is 2.13. The lowest BCUT2D eigenvalue weighted by atomic mass is 10.2. The highest BCUT2D eigenvalue weighted by Crippen LogP contribution is 2.27. The van der Waals surface area contributed by atoms with Gasteiger partial charge in [-0.05, 0) is 40.8 Å². The summed E-state index contributed by atoms with van der Waals surface area (Å²) in [7, 11) is 0. The van der Waals surface area contributed by atoms with Gasteiger partial charge in [-0.15, -0.1) is 11.8 Å². The van der Waals surface area contributed by atoms with Crippen LogP contribution in [0.5, 0.6) is 5.75 Å². The van der Waals surface area contributed by atoms with Crippen LogP contribution in [0.1, 0.15) is 5.56 Å². The molecule has 1 aromatic rings. The highest BCUT2D eigenvalue weighted by molar-refractivity contribution is 14.1. The lowest BCUT2D eigenvalue weighted by Gasteiger charge is -2.03. The van der Waals surface area contributed by atoms with Gasteiger partial charge in [0.2, 0.25) is 0 Å². The zero-order chi connectivity index (χ0) is 9.26. The molecule has 1 aliphatic rings. The van der Waals surface area contributed by atoms with Crippen LogP contribution < -0.4 is 0 Å². The second kappa shape index (κ2) is 3.88. The molecule has 0 spiro atoms. The number of rotatable bonds is 1. The molecule has 0 amide bonds. The maximum absolute atomic E-state index is 9.60. The van der Waals surface area contributed by atoms with E-state index in [1.807, 2.05) is 12.1 Å². The van der Waals surface area contributed by atoms with E-state index in [1.54, 1.807) is 17.8 Å². The fourth-order valence-electron chi connectivity index (χ4n) is 1.18. The molecule has 13 heavy (non-hydrogen) atoms. The second-order valence-electron chi connectivity index (χ2n) is 2.70. The van der Waals surface area contributed by atoms with Gasteiger partial charge in [0, 0.05) is 21.4 Å². The second-order valence-corrected chi connectivity index (χ2v) is 5.03. The summed E-state index contributed by atoms with van der Waals surface area (Å²) < 4.78 is 1.13.